The summed E-state index contributed by atoms with van der Waals surface area (Å²) in [6.07, 6.45) is 8.76. The van der Waals surface area contributed by atoms with Gasteiger partial charge in [0, 0.05) is 18.6 Å². The first kappa shape index (κ1) is 19.2. The molecule has 0 spiro atoms. The number of carbonyl (C=O) groups excluding carboxylic acids is 1. The minimum absolute atomic E-state index is 0.0877. The van der Waals surface area contributed by atoms with Crippen LogP contribution in [-0.2, 0) is 17.8 Å². The van der Waals surface area contributed by atoms with Crippen molar-refractivity contribution in [2.45, 2.75) is 70.0 Å². The Morgan fingerprint density at radius 2 is 1.59 bits per heavy atom. The monoisotopic (exact) mass is 398 g/mol. The van der Waals surface area contributed by atoms with Crippen molar-refractivity contribution in [1.29, 1.82) is 0 Å². The van der Waals surface area contributed by atoms with Crippen LogP contribution < -0.4 is 14.8 Å². The van der Waals surface area contributed by atoms with E-state index in [1.807, 2.05) is 0 Å². The van der Waals surface area contributed by atoms with Gasteiger partial charge in [0.15, 0.2) is 11.5 Å². The fourth-order valence-electron chi connectivity index (χ4n) is 7.03. The fourth-order valence-corrected chi connectivity index (χ4v) is 7.03. The molecule has 4 bridgehead atoms. The standard InChI is InChI=1S/C24H34N2O3/c1-15(23(27)25-24-11-16-6-17(12-24)8-18(7-16)13-24)26-5-4-19-9-21(28-2)22(29-3)10-20(19)14-26/h9-10,15-18H,4-8,11-14H2,1-3H3,(H,25,27)/t15-,16?,17?,18?,24?/m0/s1. The number of methoxy groups -OCH3 is 2. The predicted octanol–water partition coefficient (Wildman–Crippen LogP) is 3.54. The molecule has 5 nitrogen and oxygen atoms in total. The van der Waals surface area contributed by atoms with Crippen molar-refractivity contribution in [2.75, 3.05) is 20.8 Å². The molecule has 5 heteroatoms. The minimum atomic E-state index is -0.107. The molecule has 0 saturated heterocycles. The Labute approximate surface area is 174 Å². The number of fused-ring (bicyclic) bond motifs is 1. The highest BCUT2D eigenvalue weighted by Crippen LogP contribution is 2.55. The average molecular weight is 399 g/mol. The maximum atomic E-state index is 13.3. The highest BCUT2D eigenvalue weighted by Gasteiger charge is 2.51. The lowest BCUT2D eigenvalue weighted by Crippen LogP contribution is -2.62. The SMILES string of the molecule is COc1cc2c(cc1OC)CN([C@@H](C)C(=O)NC13CC4CC(CC(C4)C1)C3)CC2. The molecule has 1 aliphatic heterocycles. The van der Waals surface area contributed by atoms with Crippen molar-refractivity contribution in [1.82, 2.24) is 10.2 Å². The number of nitrogens with one attached hydrogen (secondary N) is 1. The van der Waals surface area contributed by atoms with Crippen LogP contribution in [0.25, 0.3) is 0 Å². The fraction of sp³-hybridized carbons (Fsp3) is 0.708. The number of nitrogens with zero attached hydrogens (tertiary/aromatic N) is 1. The Balaban J connectivity index is 1.28. The second-order valence-electron chi connectivity index (χ2n) is 10.1. The van der Waals surface area contributed by atoms with Gasteiger partial charge in [0.2, 0.25) is 5.91 Å². The molecule has 1 atom stereocenters. The molecule has 4 aliphatic carbocycles. The van der Waals surface area contributed by atoms with Crippen molar-refractivity contribution >= 4 is 5.91 Å². The summed E-state index contributed by atoms with van der Waals surface area (Å²) < 4.78 is 10.9. The molecule has 1 aromatic rings. The topological polar surface area (TPSA) is 50.8 Å². The van der Waals surface area contributed by atoms with Crippen LogP contribution in [0.5, 0.6) is 11.5 Å². The maximum Gasteiger partial charge on any atom is 0.237 e. The summed E-state index contributed by atoms with van der Waals surface area (Å²) in [6, 6.07) is 4.06. The molecule has 0 aromatic heterocycles. The molecule has 5 aliphatic rings. The largest absolute Gasteiger partial charge is 0.493 e. The highest BCUT2D eigenvalue weighted by atomic mass is 16.5. The molecular weight excluding hydrogens is 364 g/mol. The number of benzene rings is 1. The molecule has 0 unspecified atom stereocenters. The van der Waals surface area contributed by atoms with Crippen LogP contribution in [0, 0.1) is 17.8 Å². The van der Waals surface area contributed by atoms with Crippen molar-refractivity contribution in [3.05, 3.63) is 23.3 Å². The van der Waals surface area contributed by atoms with E-state index in [2.05, 4.69) is 29.3 Å². The normalized spacial score (nSPS) is 33.8. The van der Waals surface area contributed by atoms with Crippen molar-refractivity contribution in [3.8, 4) is 11.5 Å². The molecule has 1 aromatic carbocycles. The number of rotatable bonds is 5. The number of carbonyl (C=O) groups is 1. The van der Waals surface area contributed by atoms with E-state index in [-0.39, 0.29) is 17.5 Å². The number of hydrogen-bond acceptors (Lipinski definition) is 4. The lowest BCUT2D eigenvalue weighted by atomic mass is 9.53. The zero-order valence-electron chi connectivity index (χ0n) is 18.0. The van der Waals surface area contributed by atoms with Gasteiger partial charge in [-0.2, -0.15) is 0 Å². The van der Waals surface area contributed by atoms with E-state index in [1.54, 1.807) is 14.2 Å². The summed E-state index contributed by atoms with van der Waals surface area (Å²) in [5, 5.41) is 3.56. The first-order chi connectivity index (χ1) is 14.0. The van der Waals surface area contributed by atoms with Crippen molar-refractivity contribution < 1.29 is 14.3 Å². The van der Waals surface area contributed by atoms with Gasteiger partial charge < -0.3 is 14.8 Å². The minimum Gasteiger partial charge on any atom is -0.493 e. The van der Waals surface area contributed by atoms with Gasteiger partial charge in [-0.15, -0.1) is 0 Å². The molecule has 0 radical (unpaired) electrons. The van der Waals surface area contributed by atoms with Crippen LogP contribution in [-0.4, -0.2) is 43.2 Å². The van der Waals surface area contributed by atoms with Gasteiger partial charge in [-0.1, -0.05) is 0 Å². The van der Waals surface area contributed by atoms with E-state index < -0.39 is 0 Å². The lowest BCUT2D eigenvalue weighted by Gasteiger charge is -2.57. The van der Waals surface area contributed by atoms with Crippen molar-refractivity contribution in [3.63, 3.8) is 0 Å². The zero-order valence-corrected chi connectivity index (χ0v) is 18.0. The second-order valence-corrected chi connectivity index (χ2v) is 10.1. The van der Waals surface area contributed by atoms with E-state index in [0.29, 0.717) is 0 Å². The molecular formula is C24H34N2O3. The quantitative estimate of drug-likeness (QED) is 0.824. The van der Waals surface area contributed by atoms with Gasteiger partial charge in [0.1, 0.15) is 0 Å². The molecule has 4 fully saturated rings. The van der Waals surface area contributed by atoms with Gasteiger partial charge >= 0.3 is 0 Å². The smallest absolute Gasteiger partial charge is 0.237 e. The lowest BCUT2D eigenvalue weighted by molar-refractivity contribution is -0.132. The summed E-state index contributed by atoms with van der Waals surface area (Å²) in [6.45, 7) is 3.75. The van der Waals surface area contributed by atoms with E-state index in [9.17, 15) is 4.79 Å². The van der Waals surface area contributed by atoms with Gasteiger partial charge in [-0.3, -0.25) is 9.69 Å². The Hall–Kier alpha value is -1.75. The second kappa shape index (κ2) is 7.19. The van der Waals surface area contributed by atoms with Gasteiger partial charge in [-0.25, -0.2) is 0 Å². The van der Waals surface area contributed by atoms with Gasteiger partial charge in [0.05, 0.1) is 20.3 Å². The highest BCUT2D eigenvalue weighted by molar-refractivity contribution is 5.82. The number of amides is 1. The van der Waals surface area contributed by atoms with E-state index >= 15 is 0 Å². The molecule has 4 saturated carbocycles. The maximum absolute atomic E-state index is 13.3. The molecule has 1 heterocycles. The molecule has 29 heavy (non-hydrogen) atoms. The Morgan fingerprint density at radius 3 is 2.14 bits per heavy atom. The number of hydrogen-bond donors (Lipinski definition) is 1. The first-order valence-electron chi connectivity index (χ1n) is 11.3. The third kappa shape index (κ3) is 3.41. The summed E-state index contributed by atoms with van der Waals surface area (Å²) in [7, 11) is 3.35. The van der Waals surface area contributed by atoms with Crippen LogP contribution in [0.15, 0.2) is 12.1 Å². The predicted molar refractivity (Wildman–Crippen MR) is 112 cm³/mol. The molecule has 6 rings (SSSR count). The third-order valence-electron chi connectivity index (χ3n) is 8.10. The van der Waals surface area contributed by atoms with Crippen LogP contribution in [0.3, 0.4) is 0 Å². The molecule has 1 N–H and O–H groups in total. The Kier molecular flexibility index (Phi) is 4.77. The van der Waals surface area contributed by atoms with E-state index in [4.69, 9.17) is 9.47 Å². The molecule has 158 valence electrons. The summed E-state index contributed by atoms with van der Waals surface area (Å²) in [5.74, 6) is 4.31. The van der Waals surface area contributed by atoms with Crippen LogP contribution >= 0.6 is 0 Å². The summed E-state index contributed by atoms with van der Waals surface area (Å²) in [5.41, 5.74) is 2.63. The van der Waals surface area contributed by atoms with Crippen LogP contribution in [0.2, 0.25) is 0 Å². The average Bonchev–Trinajstić information content (AvgIpc) is 2.70. The third-order valence-corrected chi connectivity index (χ3v) is 8.10. The number of ether oxygens (including phenoxy) is 2. The van der Waals surface area contributed by atoms with Crippen molar-refractivity contribution in [2.24, 2.45) is 17.8 Å². The van der Waals surface area contributed by atoms with E-state index in [1.165, 1.54) is 49.7 Å². The van der Waals surface area contributed by atoms with Crippen LogP contribution in [0.1, 0.15) is 56.6 Å². The van der Waals surface area contributed by atoms with E-state index in [0.717, 1.165) is 48.8 Å². The van der Waals surface area contributed by atoms with Gasteiger partial charge in [-0.05, 0) is 92.9 Å². The zero-order chi connectivity index (χ0) is 20.2. The Bertz CT molecular complexity index is 770. The first-order valence-corrected chi connectivity index (χ1v) is 11.3. The summed E-state index contributed by atoms with van der Waals surface area (Å²) in [4.78, 5) is 15.6. The molecule has 1 amide bonds. The van der Waals surface area contributed by atoms with Gasteiger partial charge in [0.25, 0.3) is 0 Å². The Morgan fingerprint density at radius 1 is 1.03 bits per heavy atom. The summed E-state index contributed by atoms with van der Waals surface area (Å²) >= 11 is 0. The van der Waals surface area contributed by atoms with Crippen LogP contribution in [0.4, 0.5) is 0 Å².